The fourth-order valence-electron chi connectivity index (χ4n) is 5.86. The molecule has 3 heterocycles. The van der Waals surface area contributed by atoms with Crippen LogP contribution in [-0.4, -0.2) is 40.9 Å². The van der Waals surface area contributed by atoms with E-state index in [9.17, 15) is 9.59 Å². The second-order valence-electron chi connectivity index (χ2n) is 13.9. The Hall–Kier alpha value is -7.74. The van der Waals surface area contributed by atoms with E-state index in [4.69, 9.17) is 35.9 Å². The van der Waals surface area contributed by atoms with Gasteiger partial charge < -0.3 is 35.8 Å². The summed E-state index contributed by atoms with van der Waals surface area (Å²) < 4.78 is 6.08. The first-order valence-electron chi connectivity index (χ1n) is 19.8. The van der Waals surface area contributed by atoms with Crippen LogP contribution in [-0.2, 0) is 0 Å². The van der Waals surface area contributed by atoms with E-state index in [0.717, 1.165) is 50.8 Å². The van der Waals surface area contributed by atoms with Gasteiger partial charge in [0.25, 0.3) is 11.8 Å². The SMILES string of the molecule is C.C.C.Cc1ccc(-n2cccc2)cc1N.Cc1ccc(-n2cccc2)cc1NC(=S)NC(=O)c1ccccc1.Cc1ccc(-n2cccc2)cc1NC(N)=S.O=C(N=C=S)c1ccccc1. The van der Waals surface area contributed by atoms with E-state index in [2.05, 4.69) is 45.3 Å². The summed E-state index contributed by atoms with van der Waals surface area (Å²) in [7, 11) is 0. The van der Waals surface area contributed by atoms with Gasteiger partial charge in [-0.2, -0.15) is 4.99 Å². The van der Waals surface area contributed by atoms with Crippen molar-refractivity contribution in [3.8, 4) is 17.1 Å². The predicted molar refractivity (Wildman–Crippen MR) is 292 cm³/mol. The van der Waals surface area contributed by atoms with Crippen LogP contribution < -0.4 is 27.4 Å². The molecule has 7 N–H and O–H groups in total. The third-order valence-corrected chi connectivity index (χ3v) is 9.75. The van der Waals surface area contributed by atoms with Gasteiger partial charge in [-0.1, -0.05) is 76.9 Å². The second kappa shape index (κ2) is 28.2. The molecule has 0 aliphatic rings. The average Bonchev–Trinajstić information content (AvgIpc) is 4.14. The summed E-state index contributed by atoms with van der Waals surface area (Å²) in [5.41, 5.74) is 21.5. The predicted octanol–water partition coefficient (Wildman–Crippen LogP) is 12.6. The molecule has 0 saturated carbocycles. The molecule has 2 amide bonds. The van der Waals surface area contributed by atoms with Crippen LogP contribution in [0.3, 0.4) is 0 Å². The molecule has 14 heteroatoms. The van der Waals surface area contributed by atoms with Gasteiger partial charge in [-0.05, 0) is 171 Å². The lowest BCUT2D eigenvalue weighted by Gasteiger charge is -2.13. The van der Waals surface area contributed by atoms with Crippen LogP contribution in [0.1, 0.15) is 59.7 Å². The molecule has 11 nitrogen and oxygen atoms in total. The van der Waals surface area contributed by atoms with Crippen molar-refractivity contribution in [2.75, 3.05) is 16.4 Å². The highest BCUT2D eigenvalue weighted by molar-refractivity contribution is 7.80. The zero-order valence-corrected chi connectivity index (χ0v) is 37.8. The second-order valence-corrected chi connectivity index (χ2v) is 15.0. The van der Waals surface area contributed by atoms with Gasteiger partial charge in [0.05, 0.1) is 5.16 Å². The van der Waals surface area contributed by atoms with E-state index in [0.29, 0.717) is 11.1 Å². The molecular weight excluding hydrogens is 891 g/mol. The first-order chi connectivity index (χ1) is 30.9. The number of aliphatic imine (C=N–C) groups is 1. The molecule has 0 aliphatic heterocycles. The number of rotatable bonds is 7. The van der Waals surface area contributed by atoms with Gasteiger partial charge in [-0.25, -0.2) is 0 Å². The molecular formula is C53H59N9O2S3. The van der Waals surface area contributed by atoms with E-state index in [1.54, 1.807) is 36.4 Å². The van der Waals surface area contributed by atoms with Crippen LogP contribution in [0.2, 0.25) is 0 Å². The Morgan fingerprint density at radius 3 is 1.33 bits per heavy atom. The zero-order valence-electron chi connectivity index (χ0n) is 35.4. The number of amides is 2. The molecule has 3 aromatic heterocycles. The smallest absolute Gasteiger partial charge is 0.285 e. The molecule has 0 radical (unpaired) electrons. The maximum absolute atomic E-state index is 12.1. The largest absolute Gasteiger partial charge is 0.398 e. The number of aryl methyl sites for hydroxylation is 3. The molecule has 0 aliphatic carbocycles. The Kier molecular flexibility index (Phi) is 23.3. The maximum atomic E-state index is 12.1. The Morgan fingerprint density at radius 2 is 0.925 bits per heavy atom. The van der Waals surface area contributed by atoms with Crippen LogP contribution in [0.4, 0.5) is 17.1 Å². The molecule has 0 fully saturated rings. The number of anilines is 3. The van der Waals surface area contributed by atoms with Crippen LogP contribution >= 0.6 is 36.7 Å². The quantitative estimate of drug-likeness (QED) is 0.0598. The Morgan fingerprint density at radius 1 is 0.537 bits per heavy atom. The molecule has 0 bridgehead atoms. The van der Waals surface area contributed by atoms with Gasteiger partial charge in [0, 0.05) is 82.4 Å². The lowest BCUT2D eigenvalue weighted by atomic mass is 10.2. The van der Waals surface area contributed by atoms with Crippen LogP contribution in [0.25, 0.3) is 17.1 Å². The summed E-state index contributed by atoms with van der Waals surface area (Å²) in [6.07, 6.45) is 12.0. The lowest BCUT2D eigenvalue weighted by molar-refractivity contribution is 0.0975. The van der Waals surface area contributed by atoms with Crippen LogP contribution in [0.5, 0.6) is 0 Å². The molecule has 0 unspecified atom stereocenters. The molecule has 0 saturated heterocycles. The zero-order chi connectivity index (χ0) is 45.8. The van der Waals surface area contributed by atoms with Crippen molar-refractivity contribution in [1.82, 2.24) is 19.0 Å². The van der Waals surface area contributed by atoms with Gasteiger partial charge in [-0.3, -0.25) is 14.9 Å². The third-order valence-electron chi connectivity index (χ3n) is 9.35. The molecule has 346 valence electrons. The monoisotopic (exact) mass is 949 g/mol. The van der Waals surface area contributed by atoms with E-state index >= 15 is 0 Å². The molecule has 8 rings (SSSR count). The molecule has 8 aromatic rings. The minimum atomic E-state index is -0.347. The Bertz CT molecular complexity index is 2820. The number of benzene rings is 5. The van der Waals surface area contributed by atoms with Gasteiger partial charge in [-0.15, -0.1) is 0 Å². The summed E-state index contributed by atoms with van der Waals surface area (Å²) in [5.74, 6) is -0.576. The van der Waals surface area contributed by atoms with E-state index in [-0.39, 0.29) is 44.3 Å². The van der Waals surface area contributed by atoms with Crippen LogP contribution in [0, 0.1) is 20.8 Å². The van der Waals surface area contributed by atoms with Crippen molar-refractivity contribution < 1.29 is 9.59 Å². The van der Waals surface area contributed by atoms with Crippen molar-refractivity contribution in [2.45, 2.75) is 43.1 Å². The summed E-state index contributed by atoms with van der Waals surface area (Å²) >= 11 is 14.4. The highest BCUT2D eigenvalue weighted by atomic mass is 32.1. The number of nitrogen functional groups attached to an aromatic ring is 1. The molecule has 67 heavy (non-hydrogen) atoms. The number of aromatic nitrogens is 3. The van der Waals surface area contributed by atoms with Crippen molar-refractivity contribution in [3.05, 3.63) is 217 Å². The highest BCUT2D eigenvalue weighted by Gasteiger charge is 2.09. The first-order valence-corrected chi connectivity index (χ1v) is 21.0. The number of nitrogens with one attached hydrogen (secondary N) is 3. The molecule has 5 aromatic carbocycles. The number of nitrogens with zero attached hydrogens (tertiary/aromatic N) is 4. The standard InChI is InChI=1S/C19H17N3OS.C12H13N3S.C11H12N2.C8H5NOS.3CH4/c1-14-9-10-16(22-11-5-6-12-22)13-17(14)20-19(24)21-18(23)15-7-3-2-4-8-15;1-9-4-5-10(15-6-2-3-7-15)8-11(9)14-12(13)16;1-9-4-5-10(8-11(9)12)13-6-2-3-7-13;10-8(9-6-11)7-4-2-1-3-5-7;;;/h2-13H,1H3,(H2,20,21,23,24);2-8H,1H3,(H3,13,14,16);2-8H,12H2,1H3;1-5H;3*1H4. The lowest BCUT2D eigenvalue weighted by Crippen LogP contribution is -2.34. The van der Waals surface area contributed by atoms with Crippen molar-refractivity contribution in [1.29, 1.82) is 0 Å². The van der Waals surface area contributed by atoms with E-state index in [1.807, 2.05) is 180 Å². The third kappa shape index (κ3) is 17.3. The number of hydrogen-bond donors (Lipinski definition) is 5. The number of carbonyl (C=O) groups excluding carboxylic acids is 2. The van der Waals surface area contributed by atoms with Crippen molar-refractivity contribution >= 4 is 80.9 Å². The van der Waals surface area contributed by atoms with E-state index < -0.39 is 0 Å². The Labute approximate surface area is 411 Å². The molecule has 0 spiro atoms. The van der Waals surface area contributed by atoms with Crippen LogP contribution in [0.15, 0.2) is 194 Å². The van der Waals surface area contributed by atoms with Gasteiger partial charge in [0.15, 0.2) is 10.2 Å². The van der Waals surface area contributed by atoms with Gasteiger partial charge in [0.2, 0.25) is 0 Å². The first kappa shape index (κ1) is 55.4. The minimum Gasteiger partial charge on any atom is -0.398 e. The Balaban J connectivity index is 0.000000316. The number of thiocarbonyl (C=S) groups is 3. The fraction of sp³-hybridized carbons (Fsp3) is 0.113. The van der Waals surface area contributed by atoms with Gasteiger partial charge in [0.1, 0.15) is 0 Å². The number of nitrogens with two attached hydrogens (primary N) is 2. The highest BCUT2D eigenvalue weighted by Crippen LogP contribution is 2.21. The van der Waals surface area contributed by atoms with E-state index in [1.165, 1.54) is 0 Å². The summed E-state index contributed by atoms with van der Waals surface area (Å²) in [6, 6.07) is 47.9. The summed E-state index contributed by atoms with van der Waals surface area (Å²) in [4.78, 5) is 26.4. The van der Waals surface area contributed by atoms with Crippen molar-refractivity contribution in [2.24, 2.45) is 10.7 Å². The topological polar surface area (TPSA) is 149 Å². The van der Waals surface area contributed by atoms with Crippen molar-refractivity contribution in [3.63, 3.8) is 0 Å². The summed E-state index contributed by atoms with van der Waals surface area (Å²) in [6.45, 7) is 6.01. The van der Waals surface area contributed by atoms with Gasteiger partial charge >= 0.3 is 0 Å². The number of hydrogen-bond acceptors (Lipinski definition) is 6. The fourth-order valence-corrected chi connectivity index (χ4v) is 6.25. The number of carbonyl (C=O) groups is 2. The normalized spacial score (nSPS) is 9.42. The number of isothiocyanates is 1. The minimum absolute atomic E-state index is 0. The molecule has 0 atom stereocenters. The summed E-state index contributed by atoms with van der Waals surface area (Å²) in [5, 5.41) is 11.4. The average molecular weight is 950 g/mol. The maximum Gasteiger partial charge on any atom is 0.285 e.